The van der Waals surface area contributed by atoms with Gasteiger partial charge in [-0.15, -0.1) is 0 Å². The minimum atomic E-state index is 0.728. The molecule has 0 atom stereocenters. The fraction of sp³-hybridized carbons (Fsp3) is 0.103. The highest BCUT2D eigenvalue weighted by Gasteiger charge is 2.14. The summed E-state index contributed by atoms with van der Waals surface area (Å²) < 4.78 is 2.03. The van der Waals surface area contributed by atoms with E-state index in [4.69, 9.17) is 0 Å². The SMILES string of the molecule is C=C(c1ccc(-n2cnc3ncccc32)cc1)N(/C=C(\CC)c1ccccn1)c1ccc(C)nc1. The van der Waals surface area contributed by atoms with Crippen molar-refractivity contribution < 1.29 is 0 Å². The molecule has 0 amide bonds. The lowest BCUT2D eigenvalue weighted by Crippen LogP contribution is -2.15. The second-order valence-electron chi connectivity index (χ2n) is 8.20. The largest absolute Gasteiger partial charge is 0.315 e. The lowest BCUT2D eigenvalue weighted by Gasteiger charge is -2.25. The Hall–Kier alpha value is -4.58. The summed E-state index contributed by atoms with van der Waals surface area (Å²) in [5.41, 5.74) is 8.53. The third-order valence-electron chi connectivity index (χ3n) is 5.92. The van der Waals surface area contributed by atoms with Gasteiger partial charge in [-0.1, -0.05) is 31.7 Å². The number of allylic oxidation sites excluding steroid dienone is 1. The Labute approximate surface area is 205 Å². The average Bonchev–Trinajstić information content (AvgIpc) is 3.35. The summed E-state index contributed by atoms with van der Waals surface area (Å²) in [7, 11) is 0. The number of benzene rings is 1. The molecule has 5 aromatic rings. The number of hydrogen-bond donors (Lipinski definition) is 0. The third-order valence-corrected chi connectivity index (χ3v) is 5.92. The molecule has 6 heteroatoms. The molecule has 0 saturated heterocycles. The van der Waals surface area contributed by atoms with Crippen LogP contribution in [0.3, 0.4) is 0 Å². The van der Waals surface area contributed by atoms with E-state index in [1.165, 1.54) is 0 Å². The van der Waals surface area contributed by atoms with Gasteiger partial charge in [-0.2, -0.15) is 0 Å². The number of rotatable bonds is 7. The van der Waals surface area contributed by atoms with Crippen LogP contribution < -0.4 is 4.90 Å². The van der Waals surface area contributed by atoms with Gasteiger partial charge in [-0.3, -0.25) is 14.5 Å². The number of aryl methyl sites for hydroxylation is 1. The minimum absolute atomic E-state index is 0.728. The van der Waals surface area contributed by atoms with E-state index in [-0.39, 0.29) is 0 Å². The molecule has 0 radical (unpaired) electrons. The van der Waals surface area contributed by atoms with Gasteiger partial charge in [-0.05, 0) is 73.0 Å². The minimum Gasteiger partial charge on any atom is -0.315 e. The fourth-order valence-electron chi connectivity index (χ4n) is 3.97. The van der Waals surface area contributed by atoms with Crippen molar-refractivity contribution in [2.45, 2.75) is 20.3 Å². The van der Waals surface area contributed by atoms with Crippen LogP contribution in [0, 0.1) is 6.92 Å². The van der Waals surface area contributed by atoms with E-state index in [2.05, 4.69) is 74.9 Å². The topological polar surface area (TPSA) is 59.7 Å². The van der Waals surface area contributed by atoms with Crippen molar-refractivity contribution in [1.82, 2.24) is 24.5 Å². The summed E-state index contributed by atoms with van der Waals surface area (Å²) in [5, 5.41) is 0. The van der Waals surface area contributed by atoms with Crippen molar-refractivity contribution in [3.05, 3.63) is 121 Å². The Morgan fingerprint density at radius 3 is 2.46 bits per heavy atom. The Balaban J connectivity index is 1.52. The molecule has 0 N–H and O–H groups in total. The summed E-state index contributed by atoms with van der Waals surface area (Å²) in [4.78, 5) is 19.9. The first kappa shape index (κ1) is 22.2. The normalized spacial score (nSPS) is 11.5. The molecule has 1 aromatic carbocycles. The maximum Gasteiger partial charge on any atom is 0.177 e. The Morgan fingerprint density at radius 2 is 1.74 bits per heavy atom. The second kappa shape index (κ2) is 9.73. The first-order chi connectivity index (χ1) is 17.1. The van der Waals surface area contributed by atoms with Crippen molar-refractivity contribution >= 4 is 28.1 Å². The van der Waals surface area contributed by atoms with E-state index >= 15 is 0 Å². The standard InChI is InChI=1S/C29H26N6/c1-4-23(27-8-5-6-16-30-27)19-34(26-13-10-21(2)32-18-26)22(3)24-11-14-25(15-12-24)35-20-33-29-28(35)9-7-17-31-29/h5-20H,3-4H2,1-2H3/b23-19+. The van der Waals surface area contributed by atoms with E-state index in [1.54, 1.807) is 12.5 Å². The molecule has 0 saturated carbocycles. The highest BCUT2D eigenvalue weighted by Crippen LogP contribution is 2.29. The monoisotopic (exact) mass is 458 g/mol. The first-order valence-corrected chi connectivity index (χ1v) is 11.6. The molecule has 5 rings (SSSR count). The van der Waals surface area contributed by atoms with Gasteiger partial charge in [0.05, 0.1) is 23.1 Å². The molecule has 0 aliphatic heterocycles. The van der Waals surface area contributed by atoms with Gasteiger partial charge >= 0.3 is 0 Å². The number of imidazole rings is 1. The lowest BCUT2D eigenvalue weighted by molar-refractivity contribution is 1.09. The predicted octanol–water partition coefficient (Wildman–Crippen LogP) is 6.45. The zero-order valence-electron chi connectivity index (χ0n) is 19.8. The molecule has 4 aromatic heterocycles. The Kier molecular flexibility index (Phi) is 6.18. The van der Waals surface area contributed by atoms with Crippen molar-refractivity contribution in [3.8, 4) is 5.69 Å². The predicted molar refractivity (Wildman–Crippen MR) is 142 cm³/mol. The summed E-state index contributed by atoms with van der Waals surface area (Å²) in [6.07, 6.45) is 10.2. The number of aromatic nitrogens is 5. The fourth-order valence-corrected chi connectivity index (χ4v) is 3.97. The molecule has 0 bridgehead atoms. The summed E-state index contributed by atoms with van der Waals surface area (Å²) >= 11 is 0. The molecule has 0 spiro atoms. The van der Waals surface area contributed by atoms with Crippen LogP contribution in [-0.2, 0) is 0 Å². The molecule has 35 heavy (non-hydrogen) atoms. The number of hydrogen-bond acceptors (Lipinski definition) is 5. The zero-order valence-corrected chi connectivity index (χ0v) is 19.8. The van der Waals surface area contributed by atoms with Crippen molar-refractivity contribution in [2.75, 3.05) is 4.90 Å². The van der Waals surface area contributed by atoms with Gasteiger partial charge < -0.3 is 4.90 Å². The summed E-state index contributed by atoms with van der Waals surface area (Å²) in [5.74, 6) is 0. The molecular weight excluding hydrogens is 432 g/mol. The maximum absolute atomic E-state index is 4.55. The van der Waals surface area contributed by atoms with Crippen LogP contribution in [0.15, 0.2) is 104 Å². The third kappa shape index (κ3) is 4.59. The summed E-state index contributed by atoms with van der Waals surface area (Å²) in [6.45, 7) is 8.57. The quantitative estimate of drug-likeness (QED) is 0.281. The van der Waals surface area contributed by atoms with Crippen LogP contribution >= 0.6 is 0 Å². The first-order valence-electron chi connectivity index (χ1n) is 11.6. The van der Waals surface area contributed by atoms with Crippen LogP contribution in [0.4, 0.5) is 5.69 Å². The van der Waals surface area contributed by atoms with Crippen LogP contribution in [0.1, 0.15) is 30.3 Å². The molecule has 0 unspecified atom stereocenters. The van der Waals surface area contributed by atoms with E-state index < -0.39 is 0 Å². The van der Waals surface area contributed by atoms with Crippen LogP contribution in [0.2, 0.25) is 0 Å². The van der Waals surface area contributed by atoms with Crippen LogP contribution in [0.25, 0.3) is 28.1 Å². The number of nitrogens with zero attached hydrogens (tertiary/aromatic N) is 6. The zero-order chi connectivity index (χ0) is 24.2. The van der Waals surface area contributed by atoms with E-state index in [9.17, 15) is 0 Å². The van der Waals surface area contributed by atoms with Gasteiger partial charge in [0.25, 0.3) is 0 Å². The van der Waals surface area contributed by atoms with Gasteiger partial charge in [0.2, 0.25) is 0 Å². The van der Waals surface area contributed by atoms with Crippen molar-refractivity contribution in [1.29, 1.82) is 0 Å². The van der Waals surface area contributed by atoms with Crippen LogP contribution in [0.5, 0.6) is 0 Å². The molecule has 4 heterocycles. The molecule has 172 valence electrons. The van der Waals surface area contributed by atoms with Gasteiger partial charge in [0, 0.05) is 35.7 Å². The highest BCUT2D eigenvalue weighted by atomic mass is 15.1. The second-order valence-corrected chi connectivity index (χ2v) is 8.20. The van der Waals surface area contributed by atoms with E-state index in [1.807, 2.05) is 60.3 Å². The number of anilines is 1. The molecule has 0 fully saturated rings. The average molecular weight is 459 g/mol. The molecular formula is C29H26N6. The summed E-state index contributed by atoms with van der Waals surface area (Å²) in [6, 6.07) is 22.3. The van der Waals surface area contributed by atoms with Crippen LogP contribution in [-0.4, -0.2) is 24.5 Å². The smallest absolute Gasteiger partial charge is 0.177 e. The van der Waals surface area contributed by atoms with Gasteiger partial charge in [0.1, 0.15) is 6.33 Å². The van der Waals surface area contributed by atoms with E-state index in [0.717, 1.165) is 57.2 Å². The number of pyridine rings is 3. The molecule has 0 aliphatic carbocycles. The Morgan fingerprint density at radius 1 is 0.914 bits per heavy atom. The van der Waals surface area contributed by atoms with Crippen molar-refractivity contribution in [2.24, 2.45) is 0 Å². The van der Waals surface area contributed by atoms with Gasteiger partial charge in [-0.25, -0.2) is 9.97 Å². The highest BCUT2D eigenvalue weighted by molar-refractivity contribution is 5.83. The van der Waals surface area contributed by atoms with Gasteiger partial charge in [0.15, 0.2) is 5.65 Å². The maximum atomic E-state index is 4.55. The van der Waals surface area contributed by atoms with Crippen molar-refractivity contribution in [3.63, 3.8) is 0 Å². The number of fused-ring (bicyclic) bond motifs is 1. The molecule has 6 nitrogen and oxygen atoms in total. The molecule has 0 aliphatic rings. The Bertz CT molecular complexity index is 1480. The lowest BCUT2D eigenvalue weighted by atomic mass is 10.1. The van der Waals surface area contributed by atoms with E-state index in [0.29, 0.717) is 0 Å².